The van der Waals surface area contributed by atoms with Gasteiger partial charge in [-0.25, -0.2) is 4.98 Å². The molecule has 2 aliphatic rings. The lowest BCUT2D eigenvalue weighted by molar-refractivity contribution is -0.119. The second kappa shape index (κ2) is 7.07. The predicted octanol–water partition coefficient (Wildman–Crippen LogP) is 1.35. The number of aliphatic hydroxyl groups is 1. The van der Waals surface area contributed by atoms with Crippen LogP contribution in [-0.2, 0) is 17.9 Å². The number of nitrogens with one attached hydrogen (secondary N) is 1. The first kappa shape index (κ1) is 18.0. The van der Waals surface area contributed by atoms with Gasteiger partial charge >= 0.3 is 0 Å². The molecule has 3 heterocycles. The summed E-state index contributed by atoms with van der Waals surface area (Å²) >= 11 is 0. The van der Waals surface area contributed by atoms with Gasteiger partial charge in [0.2, 0.25) is 5.91 Å². The number of carbonyl (C=O) groups is 1. The van der Waals surface area contributed by atoms with Crippen LogP contribution in [0.25, 0.3) is 22.4 Å². The Morgan fingerprint density at radius 3 is 3.03 bits per heavy atom. The van der Waals surface area contributed by atoms with E-state index in [9.17, 15) is 4.79 Å². The van der Waals surface area contributed by atoms with Gasteiger partial charge in [-0.15, -0.1) is 0 Å². The van der Waals surface area contributed by atoms with Crippen LogP contribution in [0.3, 0.4) is 0 Å². The molecule has 1 aromatic carbocycles. The van der Waals surface area contributed by atoms with E-state index in [2.05, 4.69) is 15.0 Å². The summed E-state index contributed by atoms with van der Waals surface area (Å²) < 4.78 is 9.87. The second-order valence-corrected chi connectivity index (χ2v) is 7.71. The fraction of sp³-hybridized carbons (Fsp3) is 0.450. The third-order valence-electron chi connectivity index (χ3n) is 5.53. The minimum atomic E-state index is -0.372. The number of hydrogen-bond donors (Lipinski definition) is 3. The minimum absolute atomic E-state index is 0.0343. The zero-order valence-corrected chi connectivity index (χ0v) is 16.0. The Morgan fingerprint density at radius 2 is 2.28 bits per heavy atom. The number of aliphatic hydroxyl groups excluding tert-OH is 1. The summed E-state index contributed by atoms with van der Waals surface area (Å²) in [6.45, 7) is 1.89. The van der Waals surface area contributed by atoms with Crippen molar-refractivity contribution in [1.29, 1.82) is 0 Å². The van der Waals surface area contributed by atoms with Gasteiger partial charge in [0.15, 0.2) is 0 Å². The Labute approximate surface area is 167 Å². The number of amides is 1. The molecule has 2 aromatic heterocycles. The average molecular weight is 396 g/mol. The molecule has 9 heteroatoms. The number of rotatable bonds is 7. The fourth-order valence-electron chi connectivity index (χ4n) is 4.00. The van der Waals surface area contributed by atoms with Crippen LogP contribution in [0.4, 0.5) is 5.69 Å². The maximum absolute atomic E-state index is 11.9. The van der Waals surface area contributed by atoms with Crippen molar-refractivity contribution in [2.24, 2.45) is 11.7 Å². The van der Waals surface area contributed by atoms with Gasteiger partial charge in [0.1, 0.15) is 23.1 Å². The number of nitrogens with two attached hydrogens (primary N) is 1. The number of benzene rings is 1. The highest BCUT2D eigenvalue weighted by Gasteiger charge is 2.35. The van der Waals surface area contributed by atoms with E-state index >= 15 is 0 Å². The van der Waals surface area contributed by atoms with Crippen LogP contribution >= 0.6 is 0 Å². The summed E-state index contributed by atoms with van der Waals surface area (Å²) in [5, 5.41) is 16.7. The van der Waals surface area contributed by atoms with Crippen LogP contribution in [-0.4, -0.2) is 49.6 Å². The number of ether oxygens (including phenoxy) is 1. The van der Waals surface area contributed by atoms with Crippen LogP contribution in [0.5, 0.6) is 5.75 Å². The Kier molecular flexibility index (Phi) is 4.39. The number of aryl methyl sites for hydroxylation is 1. The number of imidazole rings is 1. The first-order chi connectivity index (χ1) is 14.1. The molecule has 0 spiro atoms. The zero-order valence-electron chi connectivity index (χ0n) is 16.0. The number of hydrogen-bond acceptors (Lipinski definition) is 6. The van der Waals surface area contributed by atoms with E-state index < -0.39 is 0 Å². The molecule has 4 N–H and O–H groups in total. The van der Waals surface area contributed by atoms with Gasteiger partial charge in [-0.05, 0) is 31.2 Å². The van der Waals surface area contributed by atoms with Crippen molar-refractivity contribution in [3.05, 3.63) is 24.5 Å². The van der Waals surface area contributed by atoms with Crippen molar-refractivity contribution in [2.75, 3.05) is 18.5 Å². The van der Waals surface area contributed by atoms with Crippen molar-refractivity contribution in [3.8, 4) is 17.1 Å². The molecule has 1 saturated carbocycles. The third-order valence-corrected chi connectivity index (χ3v) is 5.53. The highest BCUT2D eigenvalue weighted by molar-refractivity contribution is 5.91. The molecular formula is C20H24N6O3. The summed E-state index contributed by atoms with van der Waals surface area (Å²) in [6, 6.07) is 3.51. The molecule has 1 fully saturated rings. The summed E-state index contributed by atoms with van der Waals surface area (Å²) in [6.07, 6.45) is 6.56. The number of nitrogens with zero attached hydrogens (tertiary/aromatic N) is 4. The Balaban J connectivity index is 1.57. The molecule has 152 valence electrons. The van der Waals surface area contributed by atoms with Gasteiger partial charge in [0, 0.05) is 24.5 Å². The maximum atomic E-state index is 11.9. The van der Waals surface area contributed by atoms with Crippen LogP contribution in [0, 0.1) is 5.92 Å². The number of primary amides is 1. The van der Waals surface area contributed by atoms with E-state index in [4.69, 9.17) is 20.6 Å². The van der Waals surface area contributed by atoms with E-state index in [1.807, 2.05) is 18.3 Å². The monoisotopic (exact) mass is 396 g/mol. The highest BCUT2D eigenvalue weighted by Crippen LogP contribution is 2.38. The largest absolute Gasteiger partial charge is 0.491 e. The van der Waals surface area contributed by atoms with Crippen LogP contribution in [0.2, 0.25) is 0 Å². The molecule has 0 radical (unpaired) electrons. The van der Waals surface area contributed by atoms with Gasteiger partial charge < -0.3 is 25.5 Å². The van der Waals surface area contributed by atoms with Crippen LogP contribution in [0.15, 0.2) is 24.5 Å². The lowest BCUT2D eigenvalue weighted by Crippen LogP contribution is -2.37. The lowest BCUT2D eigenvalue weighted by atomic mass is 10.1. The van der Waals surface area contributed by atoms with Crippen molar-refractivity contribution >= 4 is 22.6 Å². The fourth-order valence-corrected chi connectivity index (χ4v) is 4.00. The molecule has 1 atom stereocenters. The van der Waals surface area contributed by atoms with Crippen LogP contribution in [0.1, 0.15) is 19.3 Å². The molecule has 9 nitrogen and oxygen atoms in total. The minimum Gasteiger partial charge on any atom is -0.491 e. The van der Waals surface area contributed by atoms with Gasteiger partial charge in [0.05, 0.1) is 37.0 Å². The number of aromatic nitrogens is 4. The van der Waals surface area contributed by atoms with Gasteiger partial charge in [0.25, 0.3) is 0 Å². The zero-order chi connectivity index (χ0) is 20.0. The summed E-state index contributed by atoms with van der Waals surface area (Å²) in [4.78, 5) is 16.7. The van der Waals surface area contributed by atoms with E-state index in [1.54, 1.807) is 10.9 Å². The summed E-state index contributed by atoms with van der Waals surface area (Å²) in [5.41, 5.74) is 9.03. The molecule has 5 rings (SSSR count). The standard InChI is InChI=1S/C20H24N6O3/c21-19(28)17(12-2-3-12)23-14-8-15-18-16(9-14)29-7-1-4-26(18)20(24-15)13-10-22-25(11-13)5-6-27/h8-12,17,23,27H,1-7H2,(H2,21,28)/t17-/m0/s1. The molecule has 1 amide bonds. The van der Waals surface area contributed by atoms with Crippen molar-refractivity contribution in [3.63, 3.8) is 0 Å². The predicted molar refractivity (Wildman–Crippen MR) is 107 cm³/mol. The second-order valence-electron chi connectivity index (χ2n) is 7.71. The smallest absolute Gasteiger partial charge is 0.240 e. The lowest BCUT2D eigenvalue weighted by Gasteiger charge is -2.17. The highest BCUT2D eigenvalue weighted by atomic mass is 16.5. The van der Waals surface area contributed by atoms with E-state index in [0.29, 0.717) is 19.1 Å². The normalized spacial score (nSPS) is 17.0. The average Bonchev–Trinajstić information content (AvgIpc) is 3.37. The SMILES string of the molecule is NC(=O)[C@@H](Nc1cc2c3c(c1)nc(-c1cnn(CCO)c1)n3CCCO2)C1CC1. The van der Waals surface area contributed by atoms with Crippen molar-refractivity contribution in [1.82, 2.24) is 19.3 Å². The van der Waals surface area contributed by atoms with Gasteiger partial charge in [-0.3, -0.25) is 9.48 Å². The van der Waals surface area contributed by atoms with E-state index in [0.717, 1.165) is 59.7 Å². The van der Waals surface area contributed by atoms with Crippen LogP contribution < -0.4 is 15.8 Å². The molecule has 29 heavy (non-hydrogen) atoms. The third kappa shape index (κ3) is 3.31. The molecule has 0 bridgehead atoms. The van der Waals surface area contributed by atoms with Gasteiger partial charge in [-0.2, -0.15) is 5.10 Å². The number of anilines is 1. The molecule has 3 aromatic rings. The van der Waals surface area contributed by atoms with Crippen molar-refractivity contribution in [2.45, 2.75) is 38.4 Å². The molecule has 0 unspecified atom stereocenters. The first-order valence-electron chi connectivity index (χ1n) is 10.0. The van der Waals surface area contributed by atoms with Gasteiger partial charge in [-0.1, -0.05) is 0 Å². The Morgan fingerprint density at radius 1 is 1.41 bits per heavy atom. The Bertz CT molecular complexity index is 1070. The first-order valence-corrected chi connectivity index (χ1v) is 10.0. The summed E-state index contributed by atoms with van der Waals surface area (Å²) in [7, 11) is 0. The van der Waals surface area contributed by atoms with E-state index in [-0.39, 0.29) is 18.6 Å². The van der Waals surface area contributed by atoms with E-state index in [1.165, 1.54) is 0 Å². The summed E-state index contributed by atoms with van der Waals surface area (Å²) in [5.74, 6) is 1.54. The topological polar surface area (TPSA) is 120 Å². The maximum Gasteiger partial charge on any atom is 0.240 e. The Hall–Kier alpha value is -3.07. The molecule has 0 saturated heterocycles. The molecular weight excluding hydrogens is 372 g/mol. The van der Waals surface area contributed by atoms with Crippen molar-refractivity contribution < 1.29 is 14.6 Å². The molecule has 1 aliphatic carbocycles. The quantitative estimate of drug-likeness (QED) is 0.554. The molecule has 1 aliphatic heterocycles. The number of carbonyl (C=O) groups excluding carboxylic acids is 1.